The van der Waals surface area contributed by atoms with Crippen molar-refractivity contribution in [3.05, 3.63) is 87.6 Å². The van der Waals surface area contributed by atoms with Crippen LogP contribution in [-0.2, 0) is 9.53 Å². The summed E-state index contributed by atoms with van der Waals surface area (Å²) in [5.41, 5.74) is 1.65. The van der Waals surface area contributed by atoms with Gasteiger partial charge in [-0.1, -0.05) is 41.4 Å². The lowest BCUT2D eigenvalue weighted by Gasteiger charge is -2.14. The molecule has 0 aliphatic heterocycles. The molecule has 2 amide bonds. The van der Waals surface area contributed by atoms with Crippen LogP contribution in [0.5, 0.6) is 0 Å². The highest BCUT2D eigenvalue weighted by atomic mass is 35.5. The number of rotatable bonds is 7. The zero-order chi connectivity index (χ0) is 24.9. The van der Waals surface area contributed by atoms with E-state index in [1.165, 1.54) is 36.7 Å². The summed E-state index contributed by atoms with van der Waals surface area (Å²) in [6.45, 7) is 1.44. The number of anilines is 2. The van der Waals surface area contributed by atoms with E-state index < -0.39 is 23.9 Å². The third-order valence-electron chi connectivity index (χ3n) is 4.74. The van der Waals surface area contributed by atoms with Crippen LogP contribution >= 0.6 is 34.5 Å². The number of para-hydroxylation sites is 1. The summed E-state index contributed by atoms with van der Waals surface area (Å²) in [5, 5.41) is 8.13. The number of aromatic nitrogens is 1. The summed E-state index contributed by atoms with van der Waals surface area (Å²) in [4.78, 5) is 42.0. The van der Waals surface area contributed by atoms with Gasteiger partial charge in [0.25, 0.3) is 11.8 Å². The van der Waals surface area contributed by atoms with Crippen molar-refractivity contribution in [3.8, 4) is 11.3 Å². The van der Waals surface area contributed by atoms with E-state index >= 15 is 0 Å². The van der Waals surface area contributed by atoms with Gasteiger partial charge in [-0.2, -0.15) is 0 Å². The molecule has 0 spiro atoms. The summed E-state index contributed by atoms with van der Waals surface area (Å²) < 4.78 is 10.4. The Kier molecular flexibility index (Phi) is 7.50. The first-order valence-corrected chi connectivity index (χ1v) is 11.8. The Morgan fingerprint density at radius 3 is 2.57 bits per heavy atom. The number of carbonyl (C=O) groups is 3. The summed E-state index contributed by atoms with van der Waals surface area (Å²) in [7, 11) is 0. The number of ether oxygens (including phenoxy) is 1. The molecule has 0 radical (unpaired) electrons. The minimum atomic E-state index is -1.13. The minimum Gasteiger partial charge on any atom is -0.459 e. The van der Waals surface area contributed by atoms with Gasteiger partial charge in [-0.3, -0.25) is 14.9 Å². The highest BCUT2D eigenvalue weighted by Gasteiger charge is 2.23. The van der Waals surface area contributed by atoms with Crippen LogP contribution in [0.4, 0.5) is 10.8 Å². The van der Waals surface area contributed by atoms with Gasteiger partial charge in [-0.25, -0.2) is 9.78 Å². The first kappa shape index (κ1) is 24.5. The molecule has 0 saturated heterocycles. The van der Waals surface area contributed by atoms with Crippen molar-refractivity contribution in [1.82, 2.24) is 4.98 Å². The second-order valence-corrected chi connectivity index (χ2v) is 8.85. The van der Waals surface area contributed by atoms with E-state index in [0.717, 1.165) is 5.56 Å². The number of benzene rings is 2. The molecule has 178 valence electrons. The lowest BCUT2D eigenvalue weighted by molar-refractivity contribution is -0.123. The molecule has 0 fully saturated rings. The third kappa shape index (κ3) is 5.89. The predicted molar refractivity (Wildman–Crippen MR) is 134 cm³/mol. The molecule has 0 aliphatic carbocycles. The molecular weight excluding hydrogens is 513 g/mol. The number of furan rings is 1. The van der Waals surface area contributed by atoms with Crippen molar-refractivity contribution < 1.29 is 23.5 Å². The first-order chi connectivity index (χ1) is 16.8. The van der Waals surface area contributed by atoms with E-state index in [-0.39, 0.29) is 17.0 Å². The first-order valence-electron chi connectivity index (χ1n) is 10.2. The van der Waals surface area contributed by atoms with Crippen LogP contribution in [-0.4, -0.2) is 28.9 Å². The zero-order valence-corrected chi connectivity index (χ0v) is 20.4. The van der Waals surface area contributed by atoms with Crippen LogP contribution in [0.1, 0.15) is 27.8 Å². The van der Waals surface area contributed by atoms with Crippen LogP contribution in [0.3, 0.4) is 0 Å². The van der Waals surface area contributed by atoms with E-state index in [2.05, 4.69) is 15.6 Å². The number of amides is 2. The number of hydrogen-bond donors (Lipinski definition) is 2. The number of hydrogen-bond acceptors (Lipinski definition) is 7. The fraction of sp³-hybridized carbons (Fsp3) is 0.0833. The molecule has 0 bridgehead atoms. The highest BCUT2D eigenvalue weighted by Crippen LogP contribution is 2.30. The molecule has 2 N–H and O–H groups in total. The Morgan fingerprint density at radius 1 is 1.03 bits per heavy atom. The van der Waals surface area contributed by atoms with Crippen molar-refractivity contribution in [2.45, 2.75) is 13.0 Å². The number of carbonyl (C=O) groups excluding carboxylic acids is 3. The molecule has 1 atom stereocenters. The van der Waals surface area contributed by atoms with Gasteiger partial charge < -0.3 is 14.5 Å². The zero-order valence-electron chi connectivity index (χ0n) is 18.1. The Balaban J connectivity index is 1.39. The quantitative estimate of drug-likeness (QED) is 0.278. The van der Waals surface area contributed by atoms with E-state index in [1.54, 1.807) is 47.8 Å². The van der Waals surface area contributed by atoms with Crippen LogP contribution in [0.2, 0.25) is 10.0 Å². The van der Waals surface area contributed by atoms with E-state index in [4.69, 9.17) is 32.4 Å². The maximum atomic E-state index is 12.7. The van der Waals surface area contributed by atoms with Crippen molar-refractivity contribution in [1.29, 1.82) is 0 Å². The summed E-state index contributed by atoms with van der Waals surface area (Å²) in [5.74, 6) is -1.78. The van der Waals surface area contributed by atoms with Gasteiger partial charge in [-0.05, 0) is 43.3 Å². The summed E-state index contributed by atoms with van der Waals surface area (Å²) in [6.07, 6.45) is 0.236. The van der Waals surface area contributed by atoms with Crippen molar-refractivity contribution in [2.75, 3.05) is 10.6 Å². The SMILES string of the molecule is CC(OC(=O)c1ccccc1NC(=O)c1ccco1)C(=O)Nc1nc(-c2ccc(Cl)c(Cl)c2)cs1. The second-order valence-electron chi connectivity index (χ2n) is 7.18. The third-order valence-corrected chi connectivity index (χ3v) is 6.24. The topological polar surface area (TPSA) is 111 Å². The Hall–Kier alpha value is -3.66. The molecule has 0 aliphatic rings. The standard InChI is InChI=1S/C24H17Cl2N3O5S/c1-13(21(30)29-24-28-19(12-35-24)14-8-9-16(25)17(26)11-14)34-23(32)15-5-2-3-6-18(15)27-22(31)20-7-4-10-33-20/h2-13H,1H3,(H,27,31)(H,28,29,30). The van der Waals surface area contributed by atoms with Gasteiger partial charge in [0.1, 0.15) is 0 Å². The summed E-state index contributed by atoms with van der Waals surface area (Å²) >= 11 is 13.2. The normalized spacial score (nSPS) is 11.5. The smallest absolute Gasteiger partial charge is 0.341 e. The molecule has 2 aromatic heterocycles. The van der Waals surface area contributed by atoms with Gasteiger partial charge in [-0.15, -0.1) is 11.3 Å². The van der Waals surface area contributed by atoms with Crippen molar-refractivity contribution in [2.24, 2.45) is 0 Å². The monoisotopic (exact) mass is 529 g/mol. The average molecular weight is 530 g/mol. The maximum Gasteiger partial charge on any atom is 0.341 e. The van der Waals surface area contributed by atoms with Crippen LogP contribution in [0.15, 0.2) is 70.7 Å². The second kappa shape index (κ2) is 10.7. The van der Waals surface area contributed by atoms with Crippen molar-refractivity contribution >= 4 is 63.1 Å². The highest BCUT2D eigenvalue weighted by molar-refractivity contribution is 7.14. The largest absolute Gasteiger partial charge is 0.459 e. The molecule has 2 heterocycles. The minimum absolute atomic E-state index is 0.0863. The van der Waals surface area contributed by atoms with Crippen molar-refractivity contribution in [3.63, 3.8) is 0 Å². The Labute approximate surface area is 213 Å². The lowest BCUT2D eigenvalue weighted by Crippen LogP contribution is -2.30. The summed E-state index contributed by atoms with van der Waals surface area (Å²) in [6, 6.07) is 14.5. The number of halogens is 2. The lowest BCUT2D eigenvalue weighted by atomic mass is 10.1. The average Bonchev–Trinajstić information content (AvgIpc) is 3.54. The maximum absolute atomic E-state index is 12.7. The molecular formula is C24H17Cl2N3O5S. The fourth-order valence-corrected chi connectivity index (χ4v) is 3.99. The molecule has 4 rings (SSSR count). The van der Waals surface area contributed by atoms with Gasteiger partial charge >= 0.3 is 5.97 Å². The molecule has 35 heavy (non-hydrogen) atoms. The fourth-order valence-electron chi connectivity index (χ4n) is 2.97. The van der Waals surface area contributed by atoms with Gasteiger partial charge in [0.2, 0.25) is 0 Å². The van der Waals surface area contributed by atoms with E-state index in [9.17, 15) is 14.4 Å². The van der Waals surface area contributed by atoms with Crippen LogP contribution < -0.4 is 10.6 Å². The molecule has 0 saturated carbocycles. The number of esters is 1. The van der Waals surface area contributed by atoms with Gasteiger partial charge in [0, 0.05) is 10.9 Å². The van der Waals surface area contributed by atoms with Crippen LogP contribution in [0, 0.1) is 0 Å². The van der Waals surface area contributed by atoms with Crippen LogP contribution in [0.25, 0.3) is 11.3 Å². The van der Waals surface area contributed by atoms with E-state index in [1.807, 2.05) is 0 Å². The van der Waals surface area contributed by atoms with E-state index in [0.29, 0.717) is 20.9 Å². The Bertz CT molecular complexity index is 1390. The number of nitrogens with zero attached hydrogens (tertiary/aromatic N) is 1. The Morgan fingerprint density at radius 2 is 1.83 bits per heavy atom. The molecule has 4 aromatic rings. The van der Waals surface area contributed by atoms with Gasteiger partial charge in [0.15, 0.2) is 17.0 Å². The number of nitrogens with one attached hydrogen (secondary N) is 2. The van der Waals surface area contributed by atoms with Gasteiger partial charge in [0.05, 0.1) is 33.3 Å². The predicted octanol–water partition coefficient (Wildman–Crippen LogP) is 6.15. The molecule has 2 aromatic carbocycles. The number of thiazole rings is 1. The molecule has 8 nitrogen and oxygen atoms in total. The molecule has 1 unspecified atom stereocenters. The molecule has 11 heteroatoms.